The number of phenols is 1. The zero-order chi connectivity index (χ0) is 22.4. The van der Waals surface area contributed by atoms with Crippen LogP contribution in [0.3, 0.4) is 0 Å². The minimum atomic E-state index is -1.30. The van der Waals surface area contributed by atoms with Crippen LogP contribution < -0.4 is 10.6 Å². The van der Waals surface area contributed by atoms with Crippen molar-refractivity contribution in [1.29, 1.82) is 0 Å². The number of aromatic carboxylic acids is 1. The van der Waals surface area contributed by atoms with Gasteiger partial charge in [-0.05, 0) is 54.6 Å². The maximum atomic E-state index is 13.7. The van der Waals surface area contributed by atoms with E-state index in [0.717, 1.165) is 4.90 Å². The zero-order valence-corrected chi connectivity index (χ0v) is 16.8. The maximum absolute atomic E-state index is 13.7. The van der Waals surface area contributed by atoms with Gasteiger partial charge in [-0.25, -0.2) is 9.18 Å². The van der Waals surface area contributed by atoms with Crippen molar-refractivity contribution < 1.29 is 29.0 Å². The number of hydrogen-bond donors (Lipinski definition) is 4. The highest BCUT2D eigenvalue weighted by atomic mass is 32.2. The lowest BCUT2D eigenvalue weighted by molar-refractivity contribution is -0.113. The van der Waals surface area contributed by atoms with Crippen molar-refractivity contribution in [2.45, 2.75) is 4.90 Å². The molecule has 0 aliphatic carbocycles. The fourth-order valence-corrected chi connectivity index (χ4v) is 3.31. The van der Waals surface area contributed by atoms with Crippen molar-refractivity contribution in [3.63, 3.8) is 0 Å². The quantitative estimate of drug-likeness (QED) is 0.323. The number of benzene rings is 3. The van der Waals surface area contributed by atoms with Crippen molar-refractivity contribution in [2.24, 2.45) is 0 Å². The van der Waals surface area contributed by atoms with Gasteiger partial charge in [-0.1, -0.05) is 12.1 Å². The van der Waals surface area contributed by atoms with Crippen molar-refractivity contribution in [3.05, 3.63) is 83.7 Å². The highest BCUT2D eigenvalue weighted by molar-refractivity contribution is 8.00. The highest BCUT2D eigenvalue weighted by Gasteiger charge is 2.13. The predicted molar refractivity (Wildman–Crippen MR) is 115 cm³/mol. The molecule has 0 saturated carbocycles. The Bertz CT molecular complexity index is 1140. The van der Waals surface area contributed by atoms with E-state index in [0.29, 0.717) is 5.69 Å². The van der Waals surface area contributed by atoms with Gasteiger partial charge in [0.2, 0.25) is 5.91 Å². The first-order valence-corrected chi connectivity index (χ1v) is 9.97. The summed E-state index contributed by atoms with van der Waals surface area (Å²) in [6, 6.07) is 16.1. The second kappa shape index (κ2) is 9.77. The second-order valence-electron chi connectivity index (χ2n) is 6.33. The Balaban J connectivity index is 1.54. The van der Waals surface area contributed by atoms with Crippen LogP contribution >= 0.6 is 11.8 Å². The van der Waals surface area contributed by atoms with Crippen LogP contribution in [0.5, 0.6) is 5.75 Å². The van der Waals surface area contributed by atoms with Crippen LogP contribution in [0.1, 0.15) is 20.7 Å². The van der Waals surface area contributed by atoms with Gasteiger partial charge >= 0.3 is 5.97 Å². The number of carbonyl (C=O) groups is 3. The summed E-state index contributed by atoms with van der Waals surface area (Å²) in [5, 5.41) is 23.7. The van der Waals surface area contributed by atoms with Gasteiger partial charge in [0.15, 0.2) is 0 Å². The van der Waals surface area contributed by atoms with Crippen LogP contribution in [-0.4, -0.2) is 33.7 Å². The maximum Gasteiger partial charge on any atom is 0.339 e. The van der Waals surface area contributed by atoms with Crippen molar-refractivity contribution in [3.8, 4) is 5.75 Å². The lowest BCUT2D eigenvalue weighted by Gasteiger charge is -2.08. The molecule has 2 amide bonds. The van der Waals surface area contributed by atoms with Crippen molar-refractivity contribution in [1.82, 2.24) is 0 Å². The van der Waals surface area contributed by atoms with Gasteiger partial charge in [-0.2, -0.15) is 0 Å². The summed E-state index contributed by atoms with van der Waals surface area (Å²) in [5.41, 5.74) is 0.371. The van der Waals surface area contributed by atoms with Gasteiger partial charge in [0.1, 0.15) is 17.1 Å². The lowest BCUT2D eigenvalue weighted by Crippen LogP contribution is -2.14. The molecule has 158 valence electrons. The number of aromatic hydroxyl groups is 1. The molecule has 0 heterocycles. The topological polar surface area (TPSA) is 116 Å². The molecule has 0 aliphatic rings. The minimum Gasteiger partial charge on any atom is -0.507 e. The van der Waals surface area contributed by atoms with Crippen molar-refractivity contribution >= 4 is 40.9 Å². The molecule has 7 nitrogen and oxygen atoms in total. The number of thioether (sulfide) groups is 1. The van der Waals surface area contributed by atoms with E-state index in [1.54, 1.807) is 30.3 Å². The second-order valence-corrected chi connectivity index (χ2v) is 7.38. The summed E-state index contributed by atoms with van der Waals surface area (Å²) < 4.78 is 13.7. The fraction of sp³-hybridized carbons (Fsp3) is 0.0455. The molecule has 0 spiro atoms. The van der Waals surface area contributed by atoms with E-state index >= 15 is 0 Å². The van der Waals surface area contributed by atoms with Gasteiger partial charge < -0.3 is 20.8 Å². The van der Waals surface area contributed by atoms with E-state index in [2.05, 4.69) is 10.6 Å². The molecule has 0 aromatic heterocycles. The molecule has 31 heavy (non-hydrogen) atoms. The third-order valence-electron chi connectivity index (χ3n) is 4.11. The van der Waals surface area contributed by atoms with Gasteiger partial charge in [-0.3, -0.25) is 9.59 Å². The Kier molecular flexibility index (Phi) is 6.88. The smallest absolute Gasteiger partial charge is 0.339 e. The van der Waals surface area contributed by atoms with Gasteiger partial charge in [0, 0.05) is 16.3 Å². The largest absolute Gasteiger partial charge is 0.507 e. The van der Waals surface area contributed by atoms with E-state index in [9.17, 15) is 23.9 Å². The van der Waals surface area contributed by atoms with E-state index in [-0.39, 0.29) is 34.2 Å². The standard InChI is InChI=1S/C22H17FN2O5S/c23-18-4-2-1-3-16(18)21(28)25-13-5-8-15(9-6-13)31-12-20(27)24-14-7-10-19(26)17(11-14)22(29)30/h1-11,26H,12H2,(H,24,27)(H,25,28)(H,29,30). The van der Waals surface area contributed by atoms with Gasteiger partial charge in [0.25, 0.3) is 5.91 Å². The number of rotatable bonds is 7. The molecule has 9 heteroatoms. The normalized spacial score (nSPS) is 10.4. The van der Waals surface area contributed by atoms with Crippen LogP contribution in [0, 0.1) is 5.82 Å². The number of hydrogen-bond acceptors (Lipinski definition) is 5. The molecule has 4 N–H and O–H groups in total. The molecule has 3 aromatic rings. The summed E-state index contributed by atoms with van der Waals surface area (Å²) in [7, 11) is 0. The molecule has 0 fully saturated rings. The first-order valence-electron chi connectivity index (χ1n) is 8.98. The average molecular weight is 440 g/mol. The molecule has 0 atom stereocenters. The lowest BCUT2D eigenvalue weighted by atomic mass is 10.2. The summed E-state index contributed by atoms with van der Waals surface area (Å²) in [5.74, 6) is -3.16. The Morgan fingerprint density at radius 1 is 0.871 bits per heavy atom. The molecule has 3 aromatic carbocycles. The van der Waals surface area contributed by atoms with Crippen LogP contribution in [0.25, 0.3) is 0 Å². The molecule has 0 saturated heterocycles. The van der Waals surface area contributed by atoms with E-state index in [1.807, 2.05) is 0 Å². The van der Waals surface area contributed by atoms with E-state index in [1.165, 1.54) is 48.2 Å². The molecular formula is C22H17FN2O5S. The molecule has 0 aliphatic heterocycles. The third-order valence-corrected chi connectivity index (χ3v) is 5.12. The number of nitrogens with one attached hydrogen (secondary N) is 2. The fourth-order valence-electron chi connectivity index (χ4n) is 2.61. The molecule has 0 bridgehead atoms. The Labute approximate surface area is 180 Å². The van der Waals surface area contributed by atoms with Crippen LogP contribution in [-0.2, 0) is 4.79 Å². The summed E-state index contributed by atoms with van der Waals surface area (Å²) >= 11 is 1.24. The molecule has 0 unspecified atom stereocenters. The van der Waals surface area contributed by atoms with E-state index < -0.39 is 17.7 Å². The van der Waals surface area contributed by atoms with Gasteiger partial charge in [-0.15, -0.1) is 11.8 Å². The zero-order valence-electron chi connectivity index (χ0n) is 16.0. The Morgan fingerprint density at radius 3 is 2.23 bits per heavy atom. The van der Waals surface area contributed by atoms with E-state index in [4.69, 9.17) is 5.11 Å². The van der Waals surface area contributed by atoms with Crippen molar-refractivity contribution in [2.75, 3.05) is 16.4 Å². The number of carboxylic acids is 1. The van der Waals surface area contributed by atoms with Crippen LogP contribution in [0.15, 0.2) is 71.6 Å². The van der Waals surface area contributed by atoms with Crippen LogP contribution in [0.2, 0.25) is 0 Å². The summed E-state index contributed by atoms with van der Waals surface area (Å²) in [6.07, 6.45) is 0. The summed E-state index contributed by atoms with van der Waals surface area (Å²) in [4.78, 5) is 36.1. The van der Waals surface area contributed by atoms with Gasteiger partial charge in [0.05, 0.1) is 11.3 Å². The first-order chi connectivity index (χ1) is 14.8. The third kappa shape index (κ3) is 5.83. The number of halogens is 1. The predicted octanol–water partition coefficient (Wildman–Crippen LogP) is 4.21. The summed E-state index contributed by atoms with van der Waals surface area (Å²) in [6.45, 7) is 0. The Morgan fingerprint density at radius 2 is 1.55 bits per heavy atom. The molecule has 3 rings (SSSR count). The van der Waals surface area contributed by atoms with Crippen LogP contribution in [0.4, 0.5) is 15.8 Å². The average Bonchev–Trinajstić information content (AvgIpc) is 2.74. The Hall–Kier alpha value is -3.85. The number of amides is 2. The number of carbonyl (C=O) groups excluding carboxylic acids is 2. The SMILES string of the molecule is O=C(CSc1ccc(NC(=O)c2ccccc2F)cc1)Nc1ccc(O)c(C(=O)O)c1. The highest BCUT2D eigenvalue weighted by Crippen LogP contribution is 2.23. The monoisotopic (exact) mass is 440 g/mol. The minimum absolute atomic E-state index is 0.0575. The molecule has 0 radical (unpaired) electrons. The molecular weight excluding hydrogens is 423 g/mol. The number of carboxylic acid groups (broad SMARTS) is 1. The first kappa shape index (κ1) is 21.8. The number of anilines is 2.